The zero-order valence-corrected chi connectivity index (χ0v) is 18.7. The summed E-state index contributed by atoms with van der Waals surface area (Å²) in [4.78, 5) is 25.0. The van der Waals surface area contributed by atoms with Gasteiger partial charge in [-0.05, 0) is 69.6 Å². The van der Waals surface area contributed by atoms with Crippen LogP contribution in [0.2, 0.25) is 0 Å². The van der Waals surface area contributed by atoms with E-state index in [-0.39, 0.29) is 17.8 Å². The lowest BCUT2D eigenvalue weighted by Gasteiger charge is -2.39. The first-order valence-electron chi connectivity index (χ1n) is 10.9. The van der Waals surface area contributed by atoms with E-state index in [0.29, 0.717) is 31.4 Å². The fourth-order valence-electron chi connectivity index (χ4n) is 5.53. The Morgan fingerprint density at radius 1 is 1.20 bits per heavy atom. The van der Waals surface area contributed by atoms with Crippen LogP contribution in [0.25, 0.3) is 0 Å². The Hall–Kier alpha value is -1.92. The molecule has 164 valence electrons. The van der Waals surface area contributed by atoms with Crippen molar-refractivity contribution in [3.8, 4) is 0 Å². The highest BCUT2D eigenvalue weighted by atomic mass is 16.6. The van der Waals surface area contributed by atoms with Gasteiger partial charge in [-0.15, -0.1) is 0 Å². The van der Waals surface area contributed by atoms with Crippen molar-refractivity contribution < 1.29 is 28.9 Å². The van der Waals surface area contributed by atoms with Crippen molar-refractivity contribution in [1.29, 1.82) is 0 Å². The van der Waals surface area contributed by atoms with E-state index in [1.807, 2.05) is 20.8 Å². The zero-order valence-electron chi connectivity index (χ0n) is 18.7. The third-order valence-electron chi connectivity index (χ3n) is 7.27. The van der Waals surface area contributed by atoms with Gasteiger partial charge in [0, 0.05) is 0 Å². The van der Waals surface area contributed by atoms with E-state index >= 15 is 0 Å². The smallest absolute Gasteiger partial charge is 0.320 e. The predicted octanol–water partition coefficient (Wildman–Crippen LogP) is 3.95. The fraction of sp³-hybridized carbons (Fsp3) is 0.667. The van der Waals surface area contributed by atoms with Gasteiger partial charge >= 0.3 is 11.9 Å². The lowest BCUT2D eigenvalue weighted by molar-refractivity contribution is -0.200. The number of aliphatic hydroxyl groups is 1. The van der Waals surface area contributed by atoms with Crippen molar-refractivity contribution in [3.63, 3.8) is 0 Å². The lowest BCUT2D eigenvalue weighted by atomic mass is 9.78. The van der Waals surface area contributed by atoms with E-state index in [2.05, 4.69) is 19.9 Å². The van der Waals surface area contributed by atoms with Gasteiger partial charge in [0.25, 0.3) is 0 Å². The molecule has 1 N–H and O–H groups in total. The molecule has 3 heterocycles. The second-order valence-electron chi connectivity index (χ2n) is 9.85. The average Bonchev–Trinajstić information content (AvgIpc) is 3.13. The molecule has 2 fully saturated rings. The number of esters is 2. The molecule has 0 saturated carbocycles. The summed E-state index contributed by atoms with van der Waals surface area (Å²) >= 11 is 0. The van der Waals surface area contributed by atoms with E-state index in [4.69, 9.17) is 14.2 Å². The Morgan fingerprint density at radius 2 is 1.90 bits per heavy atom. The van der Waals surface area contributed by atoms with E-state index in [1.54, 1.807) is 6.92 Å². The maximum absolute atomic E-state index is 12.6. The minimum Gasteiger partial charge on any atom is -0.455 e. The Labute approximate surface area is 177 Å². The van der Waals surface area contributed by atoms with Gasteiger partial charge in [-0.3, -0.25) is 9.59 Å². The second kappa shape index (κ2) is 7.06. The first-order chi connectivity index (χ1) is 13.9. The lowest BCUT2D eigenvalue weighted by Crippen LogP contribution is -2.39. The number of allylic oxidation sites excluding steroid dienone is 2. The molecule has 30 heavy (non-hydrogen) atoms. The highest BCUT2D eigenvalue weighted by Gasteiger charge is 2.62. The number of fused-ring (bicyclic) bond motifs is 1. The topological polar surface area (TPSA) is 82.1 Å². The molecule has 0 spiro atoms. The van der Waals surface area contributed by atoms with Crippen molar-refractivity contribution >= 4 is 11.9 Å². The van der Waals surface area contributed by atoms with Crippen LogP contribution < -0.4 is 0 Å². The summed E-state index contributed by atoms with van der Waals surface area (Å²) in [5.74, 6) is -2.42. The number of ether oxygens (including phenoxy) is 3. The molecule has 3 aliphatic heterocycles. The first-order valence-corrected chi connectivity index (χ1v) is 10.9. The number of carbonyl (C=O) groups excluding carboxylic acids is 2. The predicted molar refractivity (Wildman–Crippen MR) is 110 cm³/mol. The first kappa shape index (κ1) is 21.3. The van der Waals surface area contributed by atoms with Crippen molar-refractivity contribution in [1.82, 2.24) is 0 Å². The number of hydrogen-bond acceptors (Lipinski definition) is 6. The molecule has 0 radical (unpaired) electrons. The Morgan fingerprint density at radius 3 is 2.57 bits per heavy atom. The van der Waals surface area contributed by atoms with Crippen LogP contribution in [-0.2, 0) is 23.8 Å². The van der Waals surface area contributed by atoms with Gasteiger partial charge in [-0.25, -0.2) is 0 Å². The molecule has 4 aliphatic rings. The molecule has 6 nitrogen and oxygen atoms in total. The molecule has 4 rings (SSSR count). The van der Waals surface area contributed by atoms with Crippen molar-refractivity contribution in [2.24, 2.45) is 17.8 Å². The van der Waals surface area contributed by atoms with Gasteiger partial charge in [0.05, 0.1) is 18.4 Å². The molecular formula is C24H32O6. The quantitative estimate of drug-likeness (QED) is 0.515. The summed E-state index contributed by atoms with van der Waals surface area (Å²) in [6, 6.07) is 0. The zero-order chi connectivity index (χ0) is 22.0. The molecule has 5 atom stereocenters. The summed E-state index contributed by atoms with van der Waals surface area (Å²) in [6.45, 7) is 11.7. The van der Waals surface area contributed by atoms with Crippen LogP contribution in [-0.4, -0.2) is 34.5 Å². The van der Waals surface area contributed by atoms with Gasteiger partial charge in [0.2, 0.25) is 0 Å². The SMILES string of the molecule is C/C1=C/CC2=C(C(C)C)CC(=O)O[C@@]2(C)CC/C(C)=C2/OC(=O)[C@H]3[C@@H]2[C@H]1O[C@@]3(C)O. The Bertz CT molecular complexity index is 889. The highest BCUT2D eigenvalue weighted by Crippen LogP contribution is 2.52. The van der Waals surface area contributed by atoms with Gasteiger partial charge in [-0.1, -0.05) is 25.5 Å². The summed E-state index contributed by atoms with van der Waals surface area (Å²) in [7, 11) is 0. The van der Waals surface area contributed by atoms with Crippen LogP contribution in [0, 0.1) is 17.8 Å². The van der Waals surface area contributed by atoms with E-state index in [0.717, 1.165) is 22.3 Å². The largest absolute Gasteiger partial charge is 0.455 e. The molecular weight excluding hydrogens is 384 g/mol. The molecule has 0 aromatic heterocycles. The van der Waals surface area contributed by atoms with Crippen LogP contribution in [0.3, 0.4) is 0 Å². The van der Waals surface area contributed by atoms with E-state index in [1.165, 1.54) is 0 Å². The Kier molecular flexibility index (Phi) is 5.02. The summed E-state index contributed by atoms with van der Waals surface area (Å²) in [6.07, 6.45) is 3.87. The summed E-state index contributed by atoms with van der Waals surface area (Å²) in [5, 5.41) is 10.8. The number of hydrogen-bond donors (Lipinski definition) is 1. The average molecular weight is 417 g/mol. The van der Waals surface area contributed by atoms with Crippen LogP contribution in [0.4, 0.5) is 0 Å². The molecule has 0 bridgehead atoms. The normalized spacial score (nSPS) is 43.5. The monoisotopic (exact) mass is 416 g/mol. The standard InChI is InChI=1S/C24H32O6/c1-12(2)15-11-17(25)29-23(5)10-9-14(4)20-18-19(22(26)28-20)24(6,27)30-21(18)13(3)7-8-16(15)23/h7,12,18-19,21,27H,8-11H2,1-6H3/b13-7-,20-14+/t18-,19+,21-,23-,24+/m0/s1. The van der Waals surface area contributed by atoms with Crippen LogP contribution >= 0.6 is 0 Å². The fourth-order valence-corrected chi connectivity index (χ4v) is 5.53. The highest BCUT2D eigenvalue weighted by molar-refractivity contribution is 5.80. The van der Waals surface area contributed by atoms with Gasteiger partial charge < -0.3 is 19.3 Å². The summed E-state index contributed by atoms with van der Waals surface area (Å²) in [5.41, 5.74) is 3.49. The maximum atomic E-state index is 12.6. The van der Waals surface area contributed by atoms with Crippen LogP contribution in [0.15, 0.2) is 34.1 Å². The number of carbonyl (C=O) groups is 2. The molecule has 0 amide bonds. The van der Waals surface area contributed by atoms with Crippen LogP contribution in [0.1, 0.15) is 67.2 Å². The third-order valence-corrected chi connectivity index (χ3v) is 7.27. The van der Waals surface area contributed by atoms with Crippen molar-refractivity contribution in [3.05, 3.63) is 34.1 Å². The van der Waals surface area contributed by atoms with Gasteiger partial charge in [0.15, 0.2) is 5.79 Å². The van der Waals surface area contributed by atoms with E-state index in [9.17, 15) is 14.7 Å². The van der Waals surface area contributed by atoms with Gasteiger partial charge in [0.1, 0.15) is 17.3 Å². The molecule has 0 unspecified atom stereocenters. The molecule has 0 aromatic carbocycles. The second-order valence-corrected chi connectivity index (χ2v) is 9.85. The maximum Gasteiger partial charge on any atom is 0.320 e. The molecule has 6 heteroatoms. The number of rotatable bonds is 1. The van der Waals surface area contributed by atoms with Crippen molar-refractivity contribution in [2.45, 2.75) is 84.7 Å². The van der Waals surface area contributed by atoms with Gasteiger partial charge in [-0.2, -0.15) is 0 Å². The molecule has 1 aliphatic carbocycles. The van der Waals surface area contributed by atoms with Crippen LogP contribution in [0.5, 0.6) is 0 Å². The molecule has 0 aromatic rings. The minimum absolute atomic E-state index is 0.186. The third kappa shape index (κ3) is 3.25. The van der Waals surface area contributed by atoms with E-state index < -0.39 is 29.4 Å². The summed E-state index contributed by atoms with van der Waals surface area (Å²) < 4.78 is 17.6. The van der Waals surface area contributed by atoms with Crippen molar-refractivity contribution in [2.75, 3.05) is 0 Å². The Balaban J connectivity index is 1.85. The molecule has 2 saturated heterocycles. The minimum atomic E-state index is -1.56.